The Hall–Kier alpha value is -1.76. The molecule has 0 bridgehead atoms. The number of rotatable bonds is 3. The van der Waals surface area contributed by atoms with Gasteiger partial charge in [-0.3, -0.25) is 4.79 Å². The summed E-state index contributed by atoms with van der Waals surface area (Å²) in [7, 11) is 0. The fraction of sp³-hybridized carbons (Fsp3) is 0.400. The summed E-state index contributed by atoms with van der Waals surface area (Å²) in [5, 5.41) is 9.04. The number of benzene rings is 1. The maximum absolute atomic E-state index is 14.5. The molecule has 1 aromatic carbocycles. The van der Waals surface area contributed by atoms with Crippen molar-refractivity contribution >= 4 is 34.7 Å². The van der Waals surface area contributed by atoms with E-state index in [0.29, 0.717) is 6.07 Å². The molecule has 0 atom stereocenters. The molecule has 0 unspecified atom stereocenters. The molecule has 0 aromatic heterocycles. The minimum absolute atomic E-state index is 0.187. The van der Waals surface area contributed by atoms with E-state index in [2.05, 4.69) is 0 Å². The van der Waals surface area contributed by atoms with Gasteiger partial charge in [-0.15, -0.1) is 0 Å². The number of halogens is 13. The molecule has 1 aliphatic rings. The molecule has 1 aromatic rings. The number of allylic oxidation sites excluding steroid dienone is 1. The zero-order chi connectivity index (χ0) is 23.7. The van der Waals surface area contributed by atoms with Gasteiger partial charge in [-0.05, 0) is 18.2 Å². The monoisotopic (exact) mass is 496 g/mol. The smallest absolute Gasteiger partial charge is 0.384 e. The minimum Gasteiger partial charge on any atom is -0.507 e. The van der Waals surface area contributed by atoms with E-state index in [0.717, 1.165) is 12.1 Å². The Morgan fingerprint density at radius 2 is 1.13 bits per heavy atom. The lowest BCUT2D eigenvalue weighted by molar-refractivity contribution is -0.475. The van der Waals surface area contributed by atoms with E-state index < -0.39 is 58.5 Å². The lowest BCUT2D eigenvalue weighted by Crippen LogP contribution is -2.85. The average Bonchev–Trinajstić information content (AvgIpc) is 2.61. The van der Waals surface area contributed by atoms with E-state index >= 15 is 0 Å². The van der Waals surface area contributed by atoms with E-state index in [-0.39, 0.29) is 10.0 Å². The van der Waals surface area contributed by atoms with Gasteiger partial charge in [0.2, 0.25) is 5.78 Å². The highest BCUT2D eigenvalue weighted by Gasteiger charge is 3.02. The summed E-state index contributed by atoms with van der Waals surface area (Å²) in [6.07, 6.45) is -0.864. The van der Waals surface area contributed by atoms with Crippen molar-refractivity contribution in [3.8, 4) is 0 Å². The normalized spacial score (nSPS) is 25.6. The van der Waals surface area contributed by atoms with Gasteiger partial charge in [0.15, 0.2) is 0 Å². The van der Waals surface area contributed by atoms with Gasteiger partial charge in [0.05, 0.1) is 10.0 Å². The summed E-state index contributed by atoms with van der Waals surface area (Å²) in [6.45, 7) is 0. The molecular weight excluding hydrogens is 492 g/mol. The molecule has 2 rings (SSSR count). The van der Waals surface area contributed by atoms with Crippen LogP contribution in [-0.4, -0.2) is 46.2 Å². The van der Waals surface area contributed by atoms with Crippen LogP contribution in [0.4, 0.5) is 48.3 Å². The van der Waals surface area contributed by atoms with Crippen LogP contribution < -0.4 is 0 Å². The van der Waals surface area contributed by atoms with Gasteiger partial charge in [0, 0.05) is 11.6 Å². The van der Waals surface area contributed by atoms with E-state index in [1.165, 1.54) is 0 Å². The lowest BCUT2D eigenvalue weighted by atomic mass is 9.70. The maximum Gasteiger partial charge on any atom is 0.384 e. The van der Waals surface area contributed by atoms with Crippen molar-refractivity contribution in [1.29, 1.82) is 0 Å². The summed E-state index contributed by atoms with van der Waals surface area (Å²) in [5.41, 5.74) is -7.58. The van der Waals surface area contributed by atoms with Crippen molar-refractivity contribution in [2.45, 2.75) is 35.3 Å². The third kappa shape index (κ3) is 2.66. The highest BCUT2D eigenvalue weighted by molar-refractivity contribution is 6.42. The zero-order valence-electron chi connectivity index (χ0n) is 13.6. The van der Waals surface area contributed by atoms with Gasteiger partial charge in [0.1, 0.15) is 5.76 Å². The van der Waals surface area contributed by atoms with Gasteiger partial charge < -0.3 is 5.11 Å². The molecule has 0 aliphatic heterocycles. The van der Waals surface area contributed by atoms with Crippen LogP contribution in [0, 0.1) is 0 Å². The third-order valence-corrected chi connectivity index (χ3v) is 5.00. The van der Waals surface area contributed by atoms with Crippen LogP contribution in [0.1, 0.15) is 5.56 Å². The van der Waals surface area contributed by atoms with Crippen LogP contribution in [-0.2, 0) is 4.79 Å². The van der Waals surface area contributed by atoms with Crippen LogP contribution in [0.3, 0.4) is 0 Å². The van der Waals surface area contributed by atoms with Crippen LogP contribution in [0.15, 0.2) is 24.3 Å². The highest BCUT2D eigenvalue weighted by atomic mass is 35.5. The maximum atomic E-state index is 14.5. The first-order valence-electron chi connectivity index (χ1n) is 7.20. The van der Waals surface area contributed by atoms with Gasteiger partial charge >= 0.3 is 35.3 Å². The first-order chi connectivity index (χ1) is 13.2. The number of aliphatic hydroxyl groups excluding tert-OH is 1. The summed E-state index contributed by atoms with van der Waals surface area (Å²) >= 11 is 11.0. The number of carbonyl (C=O) groups is 1. The zero-order valence-corrected chi connectivity index (χ0v) is 15.1. The first kappa shape index (κ1) is 24.5. The molecule has 0 saturated heterocycles. The van der Waals surface area contributed by atoms with Crippen molar-refractivity contribution in [1.82, 2.24) is 0 Å². The van der Waals surface area contributed by atoms with Crippen LogP contribution in [0.25, 0.3) is 5.76 Å². The number of carbonyl (C=O) groups excluding carboxylic acids is 1. The molecule has 1 saturated carbocycles. The van der Waals surface area contributed by atoms with Crippen molar-refractivity contribution in [2.24, 2.45) is 0 Å². The van der Waals surface area contributed by atoms with Gasteiger partial charge in [-0.25, -0.2) is 4.39 Å². The van der Waals surface area contributed by atoms with Gasteiger partial charge in [0.25, 0.3) is 0 Å². The largest absolute Gasteiger partial charge is 0.507 e. The molecular formula is C15H5Cl2F11O2. The second-order valence-corrected chi connectivity index (χ2v) is 6.87. The summed E-state index contributed by atoms with van der Waals surface area (Å²) < 4.78 is 150. The Kier molecular flexibility index (Phi) is 5.41. The Morgan fingerprint density at radius 3 is 1.53 bits per heavy atom. The SMILES string of the molecule is O=C(/C=C(\O)c1ccc(Cl)c(Cl)c1)C1(F)C(F)(F)C(F)(F)C(F)(F)C(F)(F)C1(F)F. The summed E-state index contributed by atoms with van der Waals surface area (Å²) in [6, 6.07) is 2.32. The molecule has 1 aliphatic carbocycles. The Labute approximate surface area is 168 Å². The standard InChI is InChI=1S/C15H5Cl2F11O2/c16-6-2-1-5(3-7(6)17)8(29)4-9(30)10(18)11(19,20)13(23,24)15(27,28)14(25,26)12(10,21)22/h1-4,29H/b8-4-. The second kappa shape index (κ2) is 6.62. The highest BCUT2D eigenvalue weighted by Crippen LogP contribution is 2.69. The minimum atomic E-state index is -7.45. The second-order valence-electron chi connectivity index (χ2n) is 6.05. The summed E-state index contributed by atoms with van der Waals surface area (Å²) in [4.78, 5) is 11.7. The molecule has 0 radical (unpaired) electrons. The molecule has 0 heterocycles. The predicted molar refractivity (Wildman–Crippen MR) is 80.6 cm³/mol. The average molecular weight is 497 g/mol. The van der Waals surface area contributed by atoms with Crippen molar-refractivity contribution in [3.05, 3.63) is 39.9 Å². The number of hydrogen-bond acceptors (Lipinski definition) is 2. The molecule has 0 amide bonds. The Balaban J connectivity index is 2.72. The Morgan fingerprint density at radius 1 is 0.733 bits per heavy atom. The molecule has 168 valence electrons. The fourth-order valence-corrected chi connectivity index (χ4v) is 2.79. The number of hydrogen-bond donors (Lipinski definition) is 1. The molecule has 0 spiro atoms. The number of ketones is 1. The van der Waals surface area contributed by atoms with Gasteiger partial charge in [-0.1, -0.05) is 23.2 Å². The molecule has 2 nitrogen and oxygen atoms in total. The lowest BCUT2D eigenvalue weighted by Gasteiger charge is -2.51. The third-order valence-electron chi connectivity index (χ3n) is 4.27. The summed E-state index contributed by atoms with van der Waals surface area (Å²) in [5.74, 6) is -42.2. The van der Waals surface area contributed by atoms with E-state index in [9.17, 15) is 58.2 Å². The van der Waals surface area contributed by atoms with Crippen LogP contribution in [0.2, 0.25) is 10.0 Å². The van der Waals surface area contributed by atoms with Crippen LogP contribution >= 0.6 is 23.2 Å². The van der Waals surface area contributed by atoms with E-state index in [1.54, 1.807) is 0 Å². The molecule has 30 heavy (non-hydrogen) atoms. The quantitative estimate of drug-likeness (QED) is 0.300. The van der Waals surface area contributed by atoms with E-state index in [4.69, 9.17) is 23.2 Å². The van der Waals surface area contributed by atoms with Crippen molar-refractivity contribution in [3.63, 3.8) is 0 Å². The number of alkyl halides is 11. The predicted octanol–water partition coefficient (Wildman–Crippen LogP) is 6.36. The fourth-order valence-electron chi connectivity index (χ4n) is 2.49. The van der Waals surface area contributed by atoms with Crippen molar-refractivity contribution < 1.29 is 58.2 Å². The number of aliphatic hydroxyl groups is 1. The molecule has 1 fully saturated rings. The molecule has 1 N–H and O–H groups in total. The topological polar surface area (TPSA) is 37.3 Å². The Bertz CT molecular complexity index is 897. The first-order valence-corrected chi connectivity index (χ1v) is 7.96. The van der Waals surface area contributed by atoms with Crippen molar-refractivity contribution in [2.75, 3.05) is 0 Å². The van der Waals surface area contributed by atoms with Crippen LogP contribution in [0.5, 0.6) is 0 Å². The molecule has 15 heteroatoms. The van der Waals surface area contributed by atoms with Gasteiger partial charge in [-0.2, -0.15) is 43.9 Å². The van der Waals surface area contributed by atoms with E-state index in [1.807, 2.05) is 0 Å².